The predicted molar refractivity (Wildman–Crippen MR) is 187 cm³/mol. The number of fused-ring (bicyclic) bond motifs is 6. The van der Waals surface area contributed by atoms with Gasteiger partial charge in [-0.3, -0.25) is 0 Å². The summed E-state index contributed by atoms with van der Waals surface area (Å²) in [6, 6.07) is 38.5. The summed E-state index contributed by atoms with van der Waals surface area (Å²) in [6.45, 7) is 1.66. The number of hydrogen-bond donors (Lipinski definition) is 0. The van der Waals surface area contributed by atoms with E-state index in [1.165, 1.54) is 10.8 Å². The zero-order valence-corrected chi connectivity index (χ0v) is 23.9. The molecule has 0 atom stereocenters. The van der Waals surface area contributed by atoms with Crippen LogP contribution in [0.2, 0.25) is 0 Å². The second-order valence-electron chi connectivity index (χ2n) is 11.2. The summed E-state index contributed by atoms with van der Waals surface area (Å²) in [6.07, 6.45) is 0. The molecule has 0 fully saturated rings. The van der Waals surface area contributed by atoms with Gasteiger partial charge in [-0.25, -0.2) is 0 Å². The van der Waals surface area contributed by atoms with Gasteiger partial charge in [-0.15, -0.1) is 0 Å². The molecule has 9 rings (SSSR count). The van der Waals surface area contributed by atoms with Gasteiger partial charge >= 0.3 is 0 Å². The lowest BCUT2D eigenvalue weighted by Crippen LogP contribution is -1.91. The SMILES string of the molecule is [2H]c1c([2H])c(C)c2c(oc3c([2H])c(-c4c5ccccc5c(-c5cccc(-c6ccc7ccccc7c6)c5)c5ccccc45)c([2H])c([2H])c32)c1[2H]. The van der Waals surface area contributed by atoms with Crippen LogP contribution < -0.4 is 0 Å². The molecule has 0 radical (unpaired) electrons. The highest BCUT2D eigenvalue weighted by Gasteiger charge is 2.18. The topological polar surface area (TPSA) is 13.1 Å². The Morgan fingerprint density at radius 2 is 1.11 bits per heavy atom. The third-order valence-corrected chi connectivity index (χ3v) is 8.68. The molecule has 0 aliphatic rings. The van der Waals surface area contributed by atoms with Crippen LogP contribution in [0, 0.1) is 6.92 Å². The van der Waals surface area contributed by atoms with Gasteiger partial charge in [0.2, 0.25) is 0 Å². The molecule has 0 saturated heterocycles. The van der Waals surface area contributed by atoms with Crippen LogP contribution in [0.5, 0.6) is 0 Å². The summed E-state index contributed by atoms with van der Waals surface area (Å²) in [5.41, 5.74) is 5.77. The second kappa shape index (κ2) is 9.69. The maximum atomic E-state index is 9.49. The lowest BCUT2D eigenvalue weighted by molar-refractivity contribution is 0.669. The largest absolute Gasteiger partial charge is 0.456 e. The van der Waals surface area contributed by atoms with E-state index in [0.717, 1.165) is 43.8 Å². The standard InChI is InChI=1S/C43H28O/c1-27-10-8-19-39-41(27)38-23-22-33(26-40(38)44-39)43-36-17-6-4-15-34(36)42(35-16-5-7-18-37(35)43)32-14-9-13-30(25-32)31-21-20-28-11-2-3-12-29(28)24-31/h2-26H,1H3/i8D,10D,19D,22D,23D,26D. The molecule has 1 nitrogen and oxygen atoms in total. The molecule has 0 bridgehead atoms. The van der Waals surface area contributed by atoms with Crippen molar-refractivity contribution in [3.8, 4) is 33.4 Å². The fourth-order valence-electron chi connectivity index (χ4n) is 6.66. The van der Waals surface area contributed by atoms with E-state index in [1.54, 1.807) is 6.92 Å². The maximum Gasteiger partial charge on any atom is 0.136 e. The van der Waals surface area contributed by atoms with Crippen LogP contribution in [-0.4, -0.2) is 0 Å². The summed E-state index contributed by atoms with van der Waals surface area (Å²) < 4.78 is 59.4. The van der Waals surface area contributed by atoms with Gasteiger partial charge in [0.25, 0.3) is 0 Å². The Morgan fingerprint density at radius 3 is 1.86 bits per heavy atom. The molecule has 0 aliphatic carbocycles. The summed E-state index contributed by atoms with van der Waals surface area (Å²) in [5, 5.41) is 6.54. The number of rotatable bonds is 3. The Morgan fingerprint density at radius 1 is 0.477 bits per heavy atom. The molecule has 8 aromatic carbocycles. The van der Waals surface area contributed by atoms with E-state index in [1.807, 2.05) is 42.5 Å². The fourth-order valence-corrected chi connectivity index (χ4v) is 6.66. The molecule has 9 aromatic rings. The minimum absolute atomic E-state index is 0.0598. The first-order valence-electron chi connectivity index (χ1n) is 17.7. The first kappa shape index (κ1) is 19.5. The number of hydrogen-bond acceptors (Lipinski definition) is 1. The lowest BCUT2D eigenvalue weighted by Gasteiger charge is -2.18. The van der Waals surface area contributed by atoms with Gasteiger partial charge in [0.15, 0.2) is 0 Å². The molecule has 1 heterocycles. The van der Waals surface area contributed by atoms with Crippen molar-refractivity contribution in [3.05, 3.63) is 157 Å². The predicted octanol–water partition coefficient (Wildman–Crippen LogP) is 12.4. The van der Waals surface area contributed by atoms with E-state index >= 15 is 0 Å². The summed E-state index contributed by atoms with van der Waals surface area (Å²) in [5.74, 6) is 0. The van der Waals surface area contributed by atoms with E-state index < -0.39 is 0 Å². The minimum atomic E-state index is -0.268. The maximum absolute atomic E-state index is 9.49. The highest BCUT2D eigenvalue weighted by atomic mass is 16.3. The molecule has 0 unspecified atom stereocenters. The lowest BCUT2D eigenvalue weighted by atomic mass is 9.85. The van der Waals surface area contributed by atoms with Gasteiger partial charge in [-0.1, -0.05) is 121 Å². The van der Waals surface area contributed by atoms with Gasteiger partial charge < -0.3 is 4.42 Å². The monoisotopic (exact) mass is 566 g/mol. The molecule has 0 aliphatic heterocycles. The number of benzene rings is 8. The quantitative estimate of drug-likeness (QED) is 0.194. The van der Waals surface area contributed by atoms with Crippen LogP contribution in [0.4, 0.5) is 0 Å². The normalized spacial score (nSPS) is 13.7. The Bertz CT molecular complexity index is 2850. The van der Waals surface area contributed by atoms with Crippen LogP contribution in [0.15, 0.2) is 156 Å². The van der Waals surface area contributed by atoms with Gasteiger partial charge in [0.1, 0.15) is 11.2 Å². The van der Waals surface area contributed by atoms with E-state index in [-0.39, 0.29) is 58.4 Å². The highest BCUT2D eigenvalue weighted by Crippen LogP contribution is 2.45. The van der Waals surface area contributed by atoms with Gasteiger partial charge in [-0.05, 0) is 108 Å². The second-order valence-corrected chi connectivity index (χ2v) is 11.2. The molecular weight excluding hydrogens is 532 g/mol. The molecule has 44 heavy (non-hydrogen) atoms. The molecule has 0 saturated carbocycles. The van der Waals surface area contributed by atoms with E-state index in [0.29, 0.717) is 16.5 Å². The van der Waals surface area contributed by atoms with Gasteiger partial charge in [0, 0.05) is 10.8 Å². The number of aryl methyl sites for hydroxylation is 1. The molecule has 1 aromatic heterocycles. The van der Waals surface area contributed by atoms with Crippen molar-refractivity contribution in [2.75, 3.05) is 0 Å². The van der Waals surface area contributed by atoms with Gasteiger partial charge in [-0.2, -0.15) is 0 Å². The average molecular weight is 567 g/mol. The van der Waals surface area contributed by atoms with Crippen molar-refractivity contribution in [2.45, 2.75) is 6.92 Å². The third-order valence-electron chi connectivity index (χ3n) is 8.68. The summed E-state index contributed by atoms with van der Waals surface area (Å²) in [4.78, 5) is 0. The van der Waals surface area contributed by atoms with Crippen LogP contribution >= 0.6 is 0 Å². The summed E-state index contributed by atoms with van der Waals surface area (Å²) in [7, 11) is 0. The molecular formula is C43H28O. The van der Waals surface area contributed by atoms with Crippen molar-refractivity contribution >= 4 is 54.3 Å². The van der Waals surface area contributed by atoms with Crippen molar-refractivity contribution in [2.24, 2.45) is 0 Å². The van der Waals surface area contributed by atoms with Crippen LogP contribution in [0.3, 0.4) is 0 Å². The minimum Gasteiger partial charge on any atom is -0.456 e. The number of furan rings is 1. The molecule has 206 valence electrons. The zero-order valence-electron chi connectivity index (χ0n) is 29.9. The van der Waals surface area contributed by atoms with E-state index in [9.17, 15) is 4.11 Å². The summed E-state index contributed by atoms with van der Waals surface area (Å²) >= 11 is 0. The molecule has 0 N–H and O–H groups in total. The smallest absolute Gasteiger partial charge is 0.136 e. The molecule has 0 spiro atoms. The van der Waals surface area contributed by atoms with Crippen LogP contribution in [0.1, 0.15) is 13.8 Å². The highest BCUT2D eigenvalue weighted by molar-refractivity contribution is 6.22. The zero-order chi connectivity index (χ0) is 34.4. The van der Waals surface area contributed by atoms with E-state index in [2.05, 4.69) is 72.8 Å². The van der Waals surface area contributed by atoms with Crippen LogP contribution in [0.25, 0.3) is 87.6 Å². The van der Waals surface area contributed by atoms with Crippen molar-refractivity contribution in [1.29, 1.82) is 0 Å². The Labute approximate surface area is 264 Å². The average Bonchev–Trinajstić information content (AvgIpc) is 3.56. The third kappa shape index (κ3) is 3.80. The Hall–Kier alpha value is -5.66. The van der Waals surface area contributed by atoms with Crippen molar-refractivity contribution in [3.63, 3.8) is 0 Å². The molecule has 0 amide bonds. The molecule has 1 heteroatoms. The Balaban J connectivity index is 1.35. The van der Waals surface area contributed by atoms with E-state index in [4.69, 9.17) is 8.53 Å². The Kier molecular flexibility index (Phi) is 4.30. The fraction of sp³-hybridized carbons (Fsp3) is 0.0233. The van der Waals surface area contributed by atoms with Crippen molar-refractivity contribution in [1.82, 2.24) is 0 Å². The van der Waals surface area contributed by atoms with Gasteiger partial charge in [0.05, 0.1) is 8.22 Å². The van der Waals surface area contributed by atoms with Crippen molar-refractivity contribution < 1.29 is 12.6 Å². The van der Waals surface area contributed by atoms with Crippen LogP contribution in [-0.2, 0) is 0 Å². The first-order chi connectivity index (χ1) is 24.2. The first-order valence-corrected chi connectivity index (χ1v) is 14.7.